The monoisotopic (exact) mass is 211 g/mol. The Morgan fingerprint density at radius 1 is 1.29 bits per heavy atom. The maximum Gasteiger partial charge on any atom is 0.400 e. The molecule has 1 heterocycles. The summed E-state index contributed by atoms with van der Waals surface area (Å²) in [6.45, 7) is 0. The molecule has 1 aromatic carbocycles. The Kier molecular flexibility index (Phi) is 2.28. The van der Waals surface area contributed by atoms with Gasteiger partial charge < -0.3 is 14.3 Å². The minimum atomic E-state index is 0.0701. The average molecular weight is 212 g/mol. The molecule has 1 N–H and O–H groups in total. The van der Waals surface area contributed by atoms with Crippen LogP contribution in [0.15, 0.2) is 34.9 Å². The lowest BCUT2D eigenvalue weighted by Crippen LogP contribution is -1.82. The van der Waals surface area contributed by atoms with Gasteiger partial charge in [-0.05, 0) is 35.9 Å². The molecule has 0 spiro atoms. The predicted octanol–water partition coefficient (Wildman–Crippen LogP) is 2.83. The van der Waals surface area contributed by atoms with Crippen molar-refractivity contribution in [3.05, 3.63) is 35.7 Å². The number of oxazole rings is 1. The van der Waals surface area contributed by atoms with Crippen LogP contribution >= 0.6 is 11.6 Å². The molecule has 0 saturated heterocycles. The van der Waals surface area contributed by atoms with Crippen molar-refractivity contribution in [3.8, 4) is 17.6 Å². The first-order chi connectivity index (χ1) is 6.74. The van der Waals surface area contributed by atoms with E-state index in [1.54, 1.807) is 12.1 Å². The highest BCUT2D eigenvalue weighted by molar-refractivity contribution is 6.28. The quantitative estimate of drug-likeness (QED) is 0.830. The molecule has 0 aliphatic heterocycles. The smallest absolute Gasteiger partial charge is 0.400 e. The van der Waals surface area contributed by atoms with Gasteiger partial charge in [0.1, 0.15) is 11.5 Å². The van der Waals surface area contributed by atoms with E-state index in [1.807, 2.05) is 0 Å². The van der Waals surface area contributed by atoms with E-state index in [0.29, 0.717) is 5.75 Å². The van der Waals surface area contributed by atoms with Crippen LogP contribution < -0.4 is 4.74 Å². The van der Waals surface area contributed by atoms with Gasteiger partial charge in [0, 0.05) is 0 Å². The molecular formula is C9H6ClNO3. The summed E-state index contributed by atoms with van der Waals surface area (Å²) in [4.78, 5) is 3.75. The van der Waals surface area contributed by atoms with Crippen molar-refractivity contribution in [1.29, 1.82) is 0 Å². The zero-order valence-electron chi connectivity index (χ0n) is 6.98. The lowest BCUT2D eigenvalue weighted by molar-refractivity contribution is 0.331. The molecule has 4 nitrogen and oxygen atoms in total. The Balaban J connectivity index is 2.15. The number of halogens is 1. The summed E-state index contributed by atoms with van der Waals surface area (Å²) in [6.07, 6.45) is 1.41. The molecule has 0 amide bonds. The Hall–Kier alpha value is -1.68. The maximum atomic E-state index is 9.01. The highest BCUT2D eigenvalue weighted by Gasteiger charge is 2.03. The number of aromatic hydroxyl groups is 1. The van der Waals surface area contributed by atoms with Crippen molar-refractivity contribution in [2.75, 3.05) is 0 Å². The highest BCUT2D eigenvalue weighted by Crippen LogP contribution is 2.24. The lowest BCUT2D eigenvalue weighted by Gasteiger charge is -1.99. The van der Waals surface area contributed by atoms with Crippen molar-refractivity contribution < 1.29 is 14.3 Å². The summed E-state index contributed by atoms with van der Waals surface area (Å²) < 4.78 is 10.1. The maximum absolute atomic E-state index is 9.01. The Bertz CT molecular complexity index is 424. The van der Waals surface area contributed by atoms with E-state index in [4.69, 9.17) is 25.9 Å². The second-order valence-electron chi connectivity index (χ2n) is 2.53. The molecule has 0 aliphatic rings. The molecule has 0 atom stereocenters. The molecule has 14 heavy (non-hydrogen) atoms. The van der Waals surface area contributed by atoms with E-state index in [-0.39, 0.29) is 17.0 Å². The van der Waals surface area contributed by atoms with Gasteiger partial charge in [-0.25, -0.2) is 0 Å². The topological polar surface area (TPSA) is 55.5 Å². The summed E-state index contributed by atoms with van der Waals surface area (Å²) in [5, 5.41) is 9.18. The fourth-order valence-electron chi connectivity index (χ4n) is 0.902. The van der Waals surface area contributed by atoms with Crippen LogP contribution in [0.1, 0.15) is 0 Å². The van der Waals surface area contributed by atoms with E-state index in [0.717, 1.165) is 0 Å². The third kappa shape index (κ3) is 1.97. The van der Waals surface area contributed by atoms with Crippen molar-refractivity contribution in [1.82, 2.24) is 4.98 Å². The molecule has 2 rings (SSSR count). The number of hydrogen-bond donors (Lipinski definition) is 1. The van der Waals surface area contributed by atoms with Gasteiger partial charge in [0.2, 0.25) is 5.22 Å². The van der Waals surface area contributed by atoms with Gasteiger partial charge in [-0.1, -0.05) is 0 Å². The van der Waals surface area contributed by atoms with Crippen molar-refractivity contribution in [2.24, 2.45) is 0 Å². The van der Waals surface area contributed by atoms with Crippen LogP contribution in [0.2, 0.25) is 5.22 Å². The fourth-order valence-corrected chi connectivity index (χ4v) is 1.02. The van der Waals surface area contributed by atoms with Crippen molar-refractivity contribution >= 4 is 11.6 Å². The minimum Gasteiger partial charge on any atom is -0.508 e. The van der Waals surface area contributed by atoms with Gasteiger partial charge >= 0.3 is 6.08 Å². The molecule has 2 aromatic rings. The van der Waals surface area contributed by atoms with Crippen LogP contribution in [-0.2, 0) is 0 Å². The van der Waals surface area contributed by atoms with Gasteiger partial charge in [-0.15, -0.1) is 0 Å². The van der Waals surface area contributed by atoms with Gasteiger partial charge in [-0.3, -0.25) is 0 Å². The SMILES string of the molecule is Oc1ccc(Oc2ncc(Cl)o2)cc1. The molecule has 0 bridgehead atoms. The second kappa shape index (κ2) is 3.59. The normalized spacial score (nSPS) is 10.1. The second-order valence-corrected chi connectivity index (χ2v) is 2.90. The molecule has 0 radical (unpaired) electrons. The van der Waals surface area contributed by atoms with Crippen LogP contribution in [0, 0.1) is 0 Å². The molecule has 5 heteroatoms. The minimum absolute atomic E-state index is 0.0701. The molecule has 0 saturated carbocycles. The van der Waals surface area contributed by atoms with E-state index in [9.17, 15) is 0 Å². The summed E-state index contributed by atoms with van der Waals surface area (Å²) >= 11 is 5.50. The van der Waals surface area contributed by atoms with Crippen LogP contribution in [-0.4, -0.2) is 10.1 Å². The van der Waals surface area contributed by atoms with E-state index in [1.165, 1.54) is 18.3 Å². The van der Waals surface area contributed by atoms with Crippen molar-refractivity contribution in [3.63, 3.8) is 0 Å². The number of hydrogen-bond acceptors (Lipinski definition) is 4. The van der Waals surface area contributed by atoms with Crippen LogP contribution in [0.4, 0.5) is 0 Å². The highest BCUT2D eigenvalue weighted by atomic mass is 35.5. The first-order valence-corrected chi connectivity index (χ1v) is 4.20. The number of rotatable bonds is 2. The first-order valence-electron chi connectivity index (χ1n) is 3.82. The molecule has 0 unspecified atom stereocenters. The zero-order valence-corrected chi connectivity index (χ0v) is 7.73. The van der Waals surface area contributed by atoms with Crippen LogP contribution in [0.25, 0.3) is 0 Å². The molecule has 0 aliphatic carbocycles. The number of aromatic nitrogens is 1. The van der Waals surface area contributed by atoms with E-state index < -0.39 is 0 Å². The number of benzene rings is 1. The van der Waals surface area contributed by atoms with Crippen LogP contribution in [0.5, 0.6) is 17.6 Å². The molecular weight excluding hydrogens is 206 g/mol. The summed E-state index contributed by atoms with van der Waals surface area (Å²) in [5.74, 6) is 0.684. The number of nitrogens with zero attached hydrogens (tertiary/aromatic N) is 1. The van der Waals surface area contributed by atoms with Gasteiger partial charge in [0.15, 0.2) is 0 Å². The fraction of sp³-hybridized carbons (Fsp3) is 0. The predicted molar refractivity (Wildman–Crippen MR) is 49.7 cm³/mol. The Morgan fingerprint density at radius 3 is 2.57 bits per heavy atom. The van der Waals surface area contributed by atoms with Gasteiger partial charge in [-0.2, -0.15) is 4.98 Å². The van der Waals surface area contributed by atoms with Crippen LogP contribution in [0.3, 0.4) is 0 Å². The van der Waals surface area contributed by atoms with E-state index in [2.05, 4.69) is 4.98 Å². The largest absolute Gasteiger partial charge is 0.508 e. The Morgan fingerprint density at radius 2 is 2.00 bits per heavy atom. The molecule has 1 aromatic heterocycles. The number of ether oxygens (including phenoxy) is 1. The van der Waals surface area contributed by atoms with Gasteiger partial charge in [0.25, 0.3) is 0 Å². The van der Waals surface area contributed by atoms with E-state index >= 15 is 0 Å². The summed E-state index contributed by atoms with van der Waals surface area (Å²) in [6, 6.07) is 6.18. The standard InChI is InChI=1S/C9H6ClNO3/c10-8-5-11-9(14-8)13-7-3-1-6(12)2-4-7/h1-5,12H. The molecule has 0 fully saturated rings. The Labute approximate surface area is 84.7 Å². The third-order valence-corrected chi connectivity index (χ3v) is 1.67. The lowest BCUT2D eigenvalue weighted by atomic mass is 10.3. The van der Waals surface area contributed by atoms with Crippen molar-refractivity contribution in [2.45, 2.75) is 0 Å². The average Bonchev–Trinajstić information content (AvgIpc) is 2.56. The first kappa shape index (κ1) is 8.90. The third-order valence-electron chi connectivity index (χ3n) is 1.50. The molecule has 72 valence electrons. The number of phenols is 1. The summed E-state index contributed by atoms with van der Waals surface area (Å²) in [5.41, 5.74) is 0. The number of phenolic OH excluding ortho intramolecular Hbond substituents is 1. The zero-order chi connectivity index (χ0) is 9.97. The summed E-state index contributed by atoms with van der Waals surface area (Å²) in [7, 11) is 0. The van der Waals surface area contributed by atoms with Gasteiger partial charge in [0.05, 0.1) is 6.20 Å².